The lowest BCUT2D eigenvalue weighted by atomic mass is 9.83. The molecule has 3 nitrogen and oxygen atoms in total. The van der Waals surface area contributed by atoms with Gasteiger partial charge in [0.15, 0.2) is 0 Å². The van der Waals surface area contributed by atoms with Gasteiger partial charge < -0.3 is 10.4 Å². The molecule has 0 aliphatic rings. The average molecular weight is 421 g/mol. The Morgan fingerprint density at radius 1 is 0.923 bits per heavy atom. The molecule has 0 fully saturated rings. The fourth-order valence-electron chi connectivity index (χ4n) is 2.67. The Bertz CT molecular complexity index is 660. The van der Waals surface area contributed by atoms with E-state index >= 15 is 0 Å². The third-order valence-corrected chi connectivity index (χ3v) is 4.92. The van der Waals surface area contributed by atoms with E-state index < -0.39 is 0 Å². The van der Waals surface area contributed by atoms with Crippen LogP contribution >= 0.6 is 17.0 Å². The minimum absolute atomic E-state index is 0. The zero-order valence-electron chi connectivity index (χ0n) is 16.6. The minimum Gasteiger partial charge on any atom is -0.412 e. The van der Waals surface area contributed by atoms with E-state index in [-0.39, 0.29) is 27.9 Å². The number of anilines is 1. The Hall–Kier alpha value is -1.65. The van der Waals surface area contributed by atoms with Crippen LogP contribution < -0.4 is 4.90 Å². The molecule has 0 saturated carbocycles. The van der Waals surface area contributed by atoms with Gasteiger partial charge in [-0.05, 0) is 61.1 Å². The van der Waals surface area contributed by atoms with Gasteiger partial charge in [0.25, 0.3) is 0 Å². The van der Waals surface area contributed by atoms with Crippen LogP contribution in [-0.4, -0.2) is 23.5 Å². The standard InChI is InChI=1S/C22H30N2.BrH.H2O/c1-6-22(4,5)19-12-14-20(23-17-19)13-9-18-10-15-21(16-11-18)24(7-2)8-3;;/h9-17H,6-8H2,1-5H3;1H;1H2/b13-9+;;. The minimum atomic E-state index is 0. The second kappa shape index (κ2) is 11.1. The van der Waals surface area contributed by atoms with E-state index in [1.165, 1.54) is 16.8 Å². The molecule has 1 aromatic heterocycles. The van der Waals surface area contributed by atoms with Crippen molar-refractivity contribution in [2.75, 3.05) is 18.0 Å². The predicted molar refractivity (Wildman–Crippen MR) is 120 cm³/mol. The molecule has 1 heterocycles. The first-order valence-electron chi connectivity index (χ1n) is 8.99. The van der Waals surface area contributed by atoms with Crippen LogP contribution in [-0.2, 0) is 5.41 Å². The molecular weight excluding hydrogens is 388 g/mol. The van der Waals surface area contributed by atoms with E-state index in [9.17, 15) is 0 Å². The molecule has 0 saturated heterocycles. The molecule has 0 bridgehead atoms. The van der Waals surface area contributed by atoms with Gasteiger partial charge in [0.2, 0.25) is 0 Å². The van der Waals surface area contributed by atoms with Gasteiger partial charge in [0.05, 0.1) is 5.69 Å². The number of nitrogens with zero attached hydrogens (tertiary/aromatic N) is 2. The van der Waals surface area contributed by atoms with Crippen molar-refractivity contribution in [3.8, 4) is 0 Å². The summed E-state index contributed by atoms with van der Waals surface area (Å²) in [7, 11) is 0. The summed E-state index contributed by atoms with van der Waals surface area (Å²) < 4.78 is 0. The van der Waals surface area contributed by atoms with Crippen LogP contribution in [0.5, 0.6) is 0 Å². The summed E-state index contributed by atoms with van der Waals surface area (Å²) in [6, 6.07) is 13.0. The van der Waals surface area contributed by atoms with Crippen molar-refractivity contribution in [2.45, 2.75) is 46.5 Å². The Labute approximate surface area is 169 Å². The highest BCUT2D eigenvalue weighted by Crippen LogP contribution is 2.26. The second-order valence-corrected chi connectivity index (χ2v) is 6.81. The van der Waals surface area contributed by atoms with E-state index in [2.05, 4.69) is 93.1 Å². The first-order valence-corrected chi connectivity index (χ1v) is 8.99. The monoisotopic (exact) mass is 420 g/mol. The summed E-state index contributed by atoms with van der Waals surface area (Å²) in [4.78, 5) is 6.94. The molecule has 2 aromatic rings. The van der Waals surface area contributed by atoms with Crippen LogP contribution in [0.2, 0.25) is 0 Å². The lowest BCUT2D eigenvalue weighted by Gasteiger charge is -2.22. The second-order valence-electron chi connectivity index (χ2n) is 6.81. The largest absolute Gasteiger partial charge is 0.412 e. The van der Waals surface area contributed by atoms with Gasteiger partial charge in [-0.25, -0.2) is 0 Å². The van der Waals surface area contributed by atoms with Crippen molar-refractivity contribution in [3.05, 3.63) is 59.4 Å². The maximum atomic E-state index is 4.59. The van der Waals surface area contributed by atoms with Crippen molar-refractivity contribution in [3.63, 3.8) is 0 Å². The maximum absolute atomic E-state index is 4.59. The SMILES string of the molecule is Br.CCN(CC)c1ccc(/C=C/c2ccc(C(C)(C)CC)cn2)cc1.O. The van der Waals surface area contributed by atoms with Crippen LogP contribution in [0.15, 0.2) is 42.6 Å². The molecule has 0 unspecified atom stereocenters. The molecule has 4 heteroatoms. The van der Waals surface area contributed by atoms with E-state index in [0.29, 0.717) is 0 Å². The molecule has 1 aromatic carbocycles. The Kier molecular flexibility index (Phi) is 10.4. The van der Waals surface area contributed by atoms with E-state index in [4.69, 9.17) is 0 Å². The zero-order chi connectivity index (χ0) is 17.6. The predicted octanol–water partition coefficient (Wildman–Crippen LogP) is 5.54. The third-order valence-electron chi connectivity index (χ3n) is 4.92. The van der Waals surface area contributed by atoms with Crippen LogP contribution in [0.4, 0.5) is 5.69 Å². The fraction of sp³-hybridized carbons (Fsp3) is 0.409. The number of hydrogen-bond donors (Lipinski definition) is 0. The molecule has 26 heavy (non-hydrogen) atoms. The Morgan fingerprint density at radius 3 is 2.00 bits per heavy atom. The van der Waals surface area contributed by atoms with E-state index in [1.807, 2.05) is 6.20 Å². The number of halogens is 1. The van der Waals surface area contributed by atoms with Crippen LogP contribution in [0.1, 0.15) is 57.9 Å². The normalized spacial score (nSPS) is 11.0. The third kappa shape index (κ3) is 6.26. The number of aromatic nitrogens is 1. The van der Waals surface area contributed by atoms with Crippen molar-refractivity contribution >= 4 is 34.8 Å². The van der Waals surface area contributed by atoms with Gasteiger partial charge in [0, 0.05) is 25.0 Å². The van der Waals surface area contributed by atoms with Crippen LogP contribution in [0.25, 0.3) is 12.2 Å². The first kappa shape index (κ1) is 24.4. The zero-order valence-corrected chi connectivity index (χ0v) is 18.3. The highest BCUT2D eigenvalue weighted by molar-refractivity contribution is 8.93. The summed E-state index contributed by atoms with van der Waals surface area (Å²) >= 11 is 0. The lowest BCUT2D eigenvalue weighted by Crippen LogP contribution is -2.21. The summed E-state index contributed by atoms with van der Waals surface area (Å²) in [5.41, 5.74) is 4.96. The van der Waals surface area contributed by atoms with Gasteiger partial charge in [-0.15, -0.1) is 17.0 Å². The molecule has 2 N–H and O–H groups in total. The molecular formula is C22H33BrN2O. The van der Waals surface area contributed by atoms with E-state index in [0.717, 1.165) is 25.2 Å². The molecule has 0 spiro atoms. The van der Waals surface area contributed by atoms with Crippen LogP contribution in [0, 0.1) is 0 Å². The number of rotatable bonds is 7. The molecule has 2 rings (SSSR count). The van der Waals surface area contributed by atoms with Gasteiger partial charge in [-0.1, -0.05) is 45.0 Å². The topological polar surface area (TPSA) is 47.6 Å². The Balaban J connectivity index is 0.00000312. The van der Waals surface area contributed by atoms with Crippen molar-refractivity contribution in [1.82, 2.24) is 4.98 Å². The van der Waals surface area contributed by atoms with E-state index in [1.54, 1.807) is 0 Å². The number of benzene rings is 1. The molecule has 0 radical (unpaired) electrons. The molecule has 0 aliphatic heterocycles. The summed E-state index contributed by atoms with van der Waals surface area (Å²) in [6.45, 7) is 13.2. The molecule has 0 amide bonds. The Morgan fingerprint density at radius 2 is 1.54 bits per heavy atom. The van der Waals surface area contributed by atoms with Gasteiger partial charge in [0.1, 0.15) is 0 Å². The number of hydrogen-bond acceptors (Lipinski definition) is 2. The molecule has 0 aliphatic carbocycles. The van der Waals surface area contributed by atoms with Crippen LogP contribution in [0.3, 0.4) is 0 Å². The quantitative estimate of drug-likeness (QED) is 0.589. The number of pyridine rings is 1. The lowest BCUT2D eigenvalue weighted by molar-refractivity contribution is 0.504. The summed E-state index contributed by atoms with van der Waals surface area (Å²) in [5.74, 6) is 0. The fourth-order valence-corrected chi connectivity index (χ4v) is 2.67. The van der Waals surface area contributed by atoms with Crippen molar-refractivity contribution in [2.24, 2.45) is 0 Å². The molecule has 144 valence electrons. The first-order chi connectivity index (χ1) is 11.5. The summed E-state index contributed by atoms with van der Waals surface area (Å²) in [5, 5.41) is 0. The van der Waals surface area contributed by atoms with Gasteiger partial charge in [-0.3, -0.25) is 4.98 Å². The summed E-state index contributed by atoms with van der Waals surface area (Å²) in [6.07, 6.45) is 7.32. The smallest absolute Gasteiger partial charge is 0.0630 e. The maximum Gasteiger partial charge on any atom is 0.0630 e. The van der Waals surface area contributed by atoms with Gasteiger partial charge >= 0.3 is 0 Å². The average Bonchev–Trinajstić information content (AvgIpc) is 2.62. The van der Waals surface area contributed by atoms with Crippen molar-refractivity contribution < 1.29 is 5.48 Å². The van der Waals surface area contributed by atoms with Crippen molar-refractivity contribution in [1.29, 1.82) is 0 Å². The molecule has 0 atom stereocenters. The highest BCUT2D eigenvalue weighted by atomic mass is 79.9. The highest BCUT2D eigenvalue weighted by Gasteiger charge is 2.17. The van der Waals surface area contributed by atoms with Gasteiger partial charge in [-0.2, -0.15) is 0 Å².